The van der Waals surface area contributed by atoms with Gasteiger partial charge in [-0.3, -0.25) is 9.36 Å². The van der Waals surface area contributed by atoms with Crippen LogP contribution < -0.4 is 5.56 Å². The van der Waals surface area contributed by atoms with Crippen LogP contribution in [0.1, 0.15) is 85.8 Å². The minimum atomic E-state index is -0.388. The van der Waals surface area contributed by atoms with Crippen molar-refractivity contribution >= 4 is 11.0 Å². The van der Waals surface area contributed by atoms with Crippen LogP contribution in [0.5, 0.6) is 5.88 Å². The van der Waals surface area contributed by atoms with Crippen molar-refractivity contribution < 1.29 is 14.0 Å². The summed E-state index contributed by atoms with van der Waals surface area (Å²) in [5, 5.41) is 24.3. The van der Waals surface area contributed by atoms with E-state index in [2.05, 4.69) is 45.5 Å². The van der Waals surface area contributed by atoms with Crippen molar-refractivity contribution in [2.45, 2.75) is 70.1 Å². The van der Waals surface area contributed by atoms with E-state index in [1.54, 1.807) is 4.57 Å². The summed E-state index contributed by atoms with van der Waals surface area (Å²) in [4.78, 5) is 18.8. The van der Waals surface area contributed by atoms with Crippen LogP contribution >= 0.6 is 0 Å². The molecule has 2 aromatic carbocycles. The average molecular weight is 524 g/mol. The Balaban J connectivity index is 1.35. The summed E-state index contributed by atoms with van der Waals surface area (Å²) in [6.07, 6.45) is 7.07. The first-order chi connectivity index (χ1) is 19.1. The van der Waals surface area contributed by atoms with Crippen molar-refractivity contribution in [3.05, 3.63) is 81.4 Å². The summed E-state index contributed by atoms with van der Waals surface area (Å²) in [6, 6.07) is 13.9. The number of benzene rings is 2. The zero-order valence-electron chi connectivity index (χ0n) is 21.8. The van der Waals surface area contributed by atoms with E-state index >= 15 is 0 Å². The standard InChI is InChI=1S/C30H29N5O4/c1-2-3-11-24-31-28(36)26(29-33-32-25(38-29)16-22-21-7-4-5-10-23(21)39-34-22)30(37)35(24)27-19(17-12-13-17)8-6-9-20(27)18-14-15-18/h4-10,17-18,36H,2-3,11-16H2,1H3. The number of unbranched alkanes of at least 4 members (excludes halogenated alkanes) is 1. The lowest BCUT2D eigenvalue weighted by Gasteiger charge is -2.20. The summed E-state index contributed by atoms with van der Waals surface area (Å²) in [6.45, 7) is 2.10. The number of hydrogen-bond donors (Lipinski definition) is 1. The lowest BCUT2D eigenvalue weighted by Crippen LogP contribution is -2.27. The Labute approximate surface area is 224 Å². The molecule has 5 aromatic rings. The SMILES string of the molecule is CCCCc1nc(O)c(-c2nnc(Cc3noc4ccccc34)o2)c(=O)n1-c1c(C2CC2)cccc1C1CC1. The summed E-state index contributed by atoms with van der Waals surface area (Å²) in [5.74, 6) is 1.26. The largest absolute Gasteiger partial charge is 0.493 e. The van der Waals surface area contributed by atoms with Gasteiger partial charge in [-0.1, -0.05) is 48.8 Å². The molecule has 39 heavy (non-hydrogen) atoms. The summed E-state index contributed by atoms with van der Waals surface area (Å²) in [5.41, 5.74) is 4.16. The first-order valence-corrected chi connectivity index (χ1v) is 13.8. The van der Waals surface area contributed by atoms with Crippen LogP contribution in [0, 0.1) is 0 Å². The zero-order chi connectivity index (χ0) is 26.5. The molecule has 0 radical (unpaired) electrons. The van der Waals surface area contributed by atoms with Crippen LogP contribution in [0.3, 0.4) is 0 Å². The first-order valence-electron chi connectivity index (χ1n) is 13.8. The van der Waals surface area contributed by atoms with E-state index in [0.29, 0.717) is 35.4 Å². The lowest BCUT2D eigenvalue weighted by molar-refractivity contribution is 0.435. The number of aromatic nitrogens is 5. The quantitative estimate of drug-likeness (QED) is 0.257. The number of nitrogens with zero attached hydrogens (tertiary/aromatic N) is 5. The molecular formula is C30H29N5O4. The van der Waals surface area contributed by atoms with Gasteiger partial charge in [0.05, 0.1) is 12.1 Å². The second-order valence-electron chi connectivity index (χ2n) is 10.6. The second kappa shape index (κ2) is 9.48. The number of para-hydroxylation sites is 2. The van der Waals surface area contributed by atoms with Crippen molar-refractivity contribution in [2.75, 3.05) is 0 Å². The Bertz CT molecular complexity index is 1710. The Hall–Kier alpha value is -4.27. The molecule has 0 unspecified atom stereocenters. The van der Waals surface area contributed by atoms with Gasteiger partial charge in [0.2, 0.25) is 11.8 Å². The molecule has 9 heteroatoms. The first kappa shape index (κ1) is 23.8. The van der Waals surface area contributed by atoms with Gasteiger partial charge in [0.25, 0.3) is 11.4 Å². The molecule has 0 aliphatic heterocycles. The van der Waals surface area contributed by atoms with Gasteiger partial charge < -0.3 is 14.0 Å². The van der Waals surface area contributed by atoms with Crippen LogP contribution in [-0.4, -0.2) is 30.0 Å². The van der Waals surface area contributed by atoms with Crippen molar-refractivity contribution in [3.63, 3.8) is 0 Å². The highest BCUT2D eigenvalue weighted by Gasteiger charge is 2.35. The normalized spacial score (nSPS) is 15.3. The van der Waals surface area contributed by atoms with E-state index in [1.807, 2.05) is 24.3 Å². The van der Waals surface area contributed by atoms with Crippen LogP contribution in [0.25, 0.3) is 28.1 Å². The molecule has 0 atom stereocenters. The summed E-state index contributed by atoms with van der Waals surface area (Å²) >= 11 is 0. The van der Waals surface area contributed by atoms with Crippen molar-refractivity contribution in [3.8, 4) is 23.0 Å². The maximum Gasteiger partial charge on any atom is 0.274 e. The van der Waals surface area contributed by atoms with Gasteiger partial charge in [-0.15, -0.1) is 10.2 Å². The molecule has 0 saturated heterocycles. The topological polar surface area (TPSA) is 120 Å². The third-order valence-corrected chi connectivity index (χ3v) is 7.70. The number of aryl methyl sites for hydroxylation is 1. The van der Waals surface area contributed by atoms with Crippen molar-refractivity contribution in [1.82, 2.24) is 24.9 Å². The fraction of sp³-hybridized carbons (Fsp3) is 0.367. The van der Waals surface area contributed by atoms with Gasteiger partial charge >= 0.3 is 0 Å². The fourth-order valence-electron chi connectivity index (χ4n) is 5.39. The van der Waals surface area contributed by atoms with Gasteiger partial charge in [0, 0.05) is 11.8 Å². The highest BCUT2D eigenvalue weighted by Crippen LogP contribution is 2.49. The van der Waals surface area contributed by atoms with Gasteiger partial charge in [0.1, 0.15) is 11.5 Å². The summed E-state index contributed by atoms with van der Waals surface area (Å²) < 4.78 is 13.0. The van der Waals surface area contributed by atoms with E-state index in [4.69, 9.17) is 8.94 Å². The van der Waals surface area contributed by atoms with Crippen molar-refractivity contribution in [2.24, 2.45) is 0 Å². The van der Waals surface area contributed by atoms with Crippen LogP contribution in [0.15, 0.2) is 56.2 Å². The molecule has 0 bridgehead atoms. The molecule has 2 aliphatic carbocycles. The van der Waals surface area contributed by atoms with E-state index in [9.17, 15) is 9.90 Å². The van der Waals surface area contributed by atoms with Crippen LogP contribution in [-0.2, 0) is 12.8 Å². The minimum absolute atomic E-state index is 0.0551. The highest BCUT2D eigenvalue weighted by atomic mass is 16.5. The molecule has 3 heterocycles. The predicted molar refractivity (Wildman–Crippen MR) is 144 cm³/mol. The smallest absolute Gasteiger partial charge is 0.274 e. The lowest BCUT2D eigenvalue weighted by atomic mass is 9.99. The second-order valence-corrected chi connectivity index (χ2v) is 10.6. The molecule has 7 rings (SSSR count). The number of aromatic hydroxyl groups is 1. The van der Waals surface area contributed by atoms with Gasteiger partial charge in [-0.25, -0.2) is 0 Å². The highest BCUT2D eigenvalue weighted by molar-refractivity contribution is 5.79. The molecule has 9 nitrogen and oxygen atoms in total. The Morgan fingerprint density at radius 2 is 1.74 bits per heavy atom. The molecule has 2 fully saturated rings. The molecule has 0 amide bonds. The summed E-state index contributed by atoms with van der Waals surface area (Å²) in [7, 11) is 0. The third kappa shape index (κ3) is 4.31. The maximum absolute atomic E-state index is 14.3. The zero-order valence-corrected chi connectivity index (χ0v) is 21.8. The van der Waals surface area contributed by atoms with Gasteiger partial charge in [0.15, 0.2) is 11.1 Å². The molecule has 1 N–H and O–H groups in total. The third-order valence-electron chi connectivity index (χ3n) is 7.70. The Morgan fingerprint density at radius 3 is 2.46 bits per heavy atom. The molecule has 3 aromatic heterocycles. The molecule has 2 saturated carbocycles. The molecule has 198 valence electrons. The minimum Gasteiger partial charge on any atom is -0.493 e. The number of fused-ring (bicyclic) bond motifs is 1. The van der Waals surface area contributed by atoms with Gasteiger partial charge in [-0.2, -0.15) is 4.98 Å². The molecule has 0 spiro atoms. The van der Waals surface area contributed by atoms with E-state index in [1.165, 1.54) is 11.1 Å². The van der Waals surface area contributed by atoms with Crippen LogP contribution in [0.4, 0.5) is 0 Å². The molecule has 2 aliphatic rings. The Kier molecular flexibility index (Phi) is 5.79. The maximum atomic E-state index is 14.3. The predicted octanol–water partition coefficient (Wildman–Crippen LogP) is 5.82. The molecular weight excluding hydrogens is 494 g/mol. The average Bonchev–Trinajstić information content (AvgIpc) is 3.88. The fourth-order valence-corrected chi connectivity index (χ4v) is 5.39. The van der Waals surface area contributed by atoms with E-state index in [-0.39, 0.29) is 35.2 Å². The van der Waals surface area contributed by atoms with E-state index in [0.717, 1.165) is 49.6 Å². The van der Waals surface area contributed by atoms with Gasteiger partial charge in [-0.05, 0) is 67.2 Å². The number of hydrogen-bond acceptors (Lipinski definition) is 8. The van der Waals surface area contributed by atoms with Crippen LogP contribution in [0.2, 0.25) is 0 Å². The number of rotatable bonds is 9. The Morgan fingerprint density at radius 1 is 1.00 bits per heavy atom. The monoisotopic (exact) mass is 523 g/mol. The van der Waals surface area contributed by atoms with Crippen molar-refractivity contribution in [1.29, 1.82) is 0 Å². The van der Waals surface area contributed by atoms with E-state index < -0.39 is 0 Å².